The topological polar surface area (TPSA) is 116 Å². The maximum Gasteiger partial charge on any atom is 0.263 e. The zero-order chi connectivity index (χ0) is 18.0. The lowest BCUT2D eigenvalue weighted by Gasteiger charge is -2.12. The Kier molecular flexibility index (Phi) is 4.94. The van der Waals surface area contributed by atoms with E-state index in [9.17, 15) is 16.8 Å². The predicted molar refractivity (Wildman–Crippen MR) is 89.4 cm³/mol. The Morgan fingerprint density at radius 1 is 0.958 bits per heavy atom. The number of nitriles is 1. The minimum absolute atomic E-state index is 0.000168. The summed E-state index contributed by atoms with van der Waals surface area (Å²) in [5, 5.41) is 9.04. The molecule has 0 spiro atoms. The molecular weight excluding hydrogens is 350 g/mol. The lowest BCUT2D eigenvalue weighted by Crippen LogP contribution is -2.20. The van der Waals surface area contributed by atoms with Gasteiger partial charge in [0.25, 0.3) is 10.0 Å². The Morgan fingerprint density at radius 3 is 2.25 bits per heavy atom. The molecule has 0 amide bonds. The first-order valence-corrected chi connectivity index (χ1v) is 9.74. The van der Waals surface area contributed by atoms with Gasteiger partial charge in [-0.2, -0.15) is 5.26 Å². The van der Waals surface area contributed by atoms with E-state index in [1.165, 1.54) is 43.4 Å². The first kappa shape index (κ1) is 17.9. The Labute approximate surface area is 141 Å². The van der Waals surface area contributed by atoms with Gasteiger partial charge in [-0.25, -0.2) is 21.6 Å². The smallest absolute Gasteiger partial charge is 0.263 e. The van der Waals surface area contributed by atoms with Crippen molar-refractivity contribution < 1.29 is 16.8 Å². The van der Waals surface area contributed by atoms with E-state index < -0.39 is 20.0 Å². The number of anilines is 1. The van der Waals surface area contributed by atoms with E-state index >= 15 is 0 Å². The first-order valence-electron chi connectivity index (χ1n) is 6.77. The zero-order valence-electron chi connectivity index (χ0n) is 12.9. The first-order chi connectivity index (χ1) is 11.2. The van der Waals surface area contributed by atoms with Crippen molar-refractivity contribution in [2.24, 2.45) is 0 Å². The van der Waals surface area contributed by atoms with Crippen molar-refractivity contribution in [2.45, 2.75) is 16.7 Å². The van der Waals surface area contributed by atoms with Gasteiger partial charge in [0.15, 0.2) is 0 Å². The van der Waals surface area contributed by atoms with Crippen molar-refractivity contribution in [3.8, 4) is 6.07 Å². The molecule has 0 fully saturated rings. The normalized spacial score (nSPS) is 11.7. The summed E-state index contributed by atoms with van der Waals surface area (Å²) in [7, 11) is -6.47. The second-order valence-electron chi connectivity index (χ2n) is 4.90. The molecule has 7 nitrogen and oxygen atoms in total. The Balaban J connectivity index is 2.49. The van der Waals surface area contributed by atoms with E-state index in [0.717, 1.165) is 0 Å². The van der Waals surface area contributed by atoms with Crippen LogP contribution in [0.1, 0.15) is 11.1 Å². The van der Waals surface area contributed by atoms with E-state index in [4.69, 9.17) is 5.26 Å². The van der Waals surface area contributed by atoms with E-state index in [-0.39, 0.29) is 21.0 Å². The number of nitrogens with zero attached hydrogens (tertiary/aromatic N) is 1. The molecular formula is C15H15N3O4S2. The van der Waals surface area contributed by atoms with Crippen molar-refractivity contribution in [1.29, 1.82) is 5.26 Å². The average molecular weight is 365 g/mol. The molecule has 2 aromatic carbocycles. The molecule has 0 aliphatic rings. The lowest BCUT2D eigenvalue weighted by atomic mass is 10.2. The lowest BCUT2D eigenvalue weighted by molar-refractivity contribution is 0.587. The van der Waals surface area contributed by atoms with Crippen LogP contribution in [0.2, 0.25) is 0 Å². The van der Waals surface area contributed by atoms with Crippen LogP contribution < -0.4 is 9.44 Å². The third-order valence-electron chi connectivity index (χ3n) is 3.30. The summed E-state index contributed by atoms with van der Waals surface area (Å²) in [5.41, 5.74) is 0.562. The van der Waals surface area contributed by atoms with Crippen molar-refractivity contribution in [1.82, 2.24) is 4.72 Å². The van der Waals surface area contributed by atoms with Crippen molar-refractivity contribution in [3.63, 3.8) is 0 Å². The van der Waals surface area contributed by atoms with Crippen LogP contribution in [0.3, 0.4) is 0 Å². The molecule has 2 N–H and O–H groups in total. The van der Waals surface area contributed by atoms with Crippen LogP contribution in [0.5, 0.6) is 0 Å². The van der Waals surface area contributed by atoms with Crippen LogP contribution in [0.15, 0.2) is 52.3 Å². The molecule has 126 valence electrons. The van der Waals surface area contributed by atoms with E-state index in [1.807, 2.05) is 6.07 Å². The van der Waals surface area contributed by atoms with E-state index in [1.54, 1.807) is 13.0 Å². The van der Waals surface area contributed by atoms with Crippen molar-refractivity contribution >= 4 is 25.7 Å². The van der Waals surface area contributed by atoms with Gasteiger partial charge in [0.05, 0.1) is 16.1 Å². The SMILES string of the molecule is CNS(=O)(=O)c1cc(NS(=O)(=O)c2ccccc2C#N)ccc1C. The number of aryl methyl sites for hydroxylation is 1. The van der Waals surface area contributed by atoms with Crippen LogP contribution in [-0.4, -0.2) is 23.9 Å². The fourth-order valence-corrected chi connectivity index (χ4v) is 4.27. The quantitative estimate of drug-likeness (QED) is 0.834. The number of benzene rings is 2. The molecule has 0 aliphatic heterocycles. The van der Waals surface area contributed by atoms with Gasteiger partial charge in [-0.15, -0.1) is 0 Å². The molecule has 24 heavy (non-hydrogen) atoms. The van der Waals surface area contributed by atoms with Gasteiger partial charge >= 0.3 is 0 Å². The Morgan fingerprint density at radius 2 is 1.62 bits per heavy atom. The van der Waals surface area contributed by atoms with Gasteiger partial charge in [0.1, 0.15) is 11.0 Å². The van der Waals surface area contributed by atoms with Gasteiger partial charge in [0.2, 0.25) is 10.0 Å². The van der Waals surface area contributed by atoms with Crippen molar-refractivity contribution in [2.75, 3.05) is 11.8 Å². The number of nitrogens with one attached hydrogen (secondary N) is 2. The predicted octanol–water partition coefficient (Wildman–Crippen LogP) is 1.58. The van der Waals surface area contributed by atoms with Gasteiger partial charge < -0.3 is 0 Å². The Hall–Kier alpha value is -2.41. The molecule has 0 radical (unpaired) electrons. The van der Waals surface area contributed by atoms with Crippen LogP contribution >= 0.6 is 0 Å². The molecule has 0 heterocycles. The van der Waals surface area contributed by atoms with Crippen LogP contribution in [0.25, 0.3) is 0 Å². The highest BCUT2D eigenvalue weighted by Crippen LogP contribution is 2.23. The molecule has 0 unspecified atom stereocenters. The standard InChI is InChI=1S/C15H15N3O4S2/c1-11-7-8-13(9-15(11)23(19,20)17-2)18-24(21,22)14-6-4-3-5-12(14)10-16/h3-9,17-18H,1-2H3. The average Bonchev–Trinajstić information content (AvgIpc) is 2.56. The monoisotopic (exact) mass is 365 g/mol. The molecule has 0 saturated heterocycles. The fourth-order valence-electron chi connectivity index (χ4n) is 2.07. The van der Waals surface area contributed by atoms with Gasteiger partial charge in [-0.3, -0.25) is 4.72 Å². The summed E-state index contributed by atoms with van der Waals surface area (Å²) in [5.74, 6) is 0. The fraction of sp³-hybridized carbons (Fsp3) is 0.133. The highest BCUT2D eigenvalue weighted by molar-refractivity contribution is 7.92. The summed E-state index contributed by atoms with van der Waals surface area (Å²) >= 11 is 0. The second kappa shape index (κ2) is 6.60. The van der Waals surface area contributed by atoms with E-state index in [2.05, 4.69) is 9.44 Å². The van der Waals surface area contributed by atoms with Crippen molar-refractivity contribution in [3.05, 3.63) is 53.6 Å². The summed E-state index contributed by atoms with van der Waals surface area (Å²) in [4.78, 5) is -0.204. The number of sulfonamides is 2. The summed E-state index contributed by atoms with van der Waals surface area (Å²) in [6.45, 7) is 1.60. The van der Waals surface area contributed by atoms with Gasteiger partial charge in [-0.05, 0) is 43.8 Å². The molecule has 0 aromatic heterocycles. The number of hydrogen-bond acceptors (Lipinski definition) is 5. The zero-order valence-corrected chi connectivity index (χ0v) is 14.6. The molecule has 0 atom stereocenters. The second-order valence-corrected chi connectivity index (χ2v) is 8.41. The maximum absolute atomic E-state index is 12.5. The van der Waals surface area contributed by atoms with Gasteiger partial charge in [-0.1, -0.05) is 18.2 Å². The van der Waals surface area contributed by atoms with E-state index in [0.29, 0.717) is 5.56 Å². The number of hydrogen-bond donors (Lipinski definition) is 2. The third-order valence-corrected chi connectivity index (χ3v) is 6.29. The largest absolute Gasteiger partial charge is 0.280 e. The Bertz CT molecular complexity index is 1020. The minimum Gasteiger partial charge on any atom is -0.280 e. The number of rotatable bonds is 5. The molecule has 9 heteroatoms. The molecule has 0 aliphatic carbocycles. The summed E-state index contributed by atoms with van der Waals surface area (Å²) < 4.78 is 53.4. The van der Waals surface area contributed by atoms with Crippen LogP contribution in [0, 0.1) is 18.3 Å². The van der Waals surface area contributed by atoms with Gasteiger partial charge in [0, 0.05) is 0 Å². The molecule has 0 bridgehead atoms. The maximum atomic E-state index is 12.5. The minimum atomic E-state index is -4.03. The highest BCUT2D eigenvalue weighted by atomic mass is 32.2. The summed E-state index contributed by atoms with van der Waals surface area (Å²) in [6, 6.07) is 11.8. The highest BCUT2D eigenvalue weighted by Gasteiger charge is 2.20. The molecule has 0 saturated carbocycles. The van der Waals surface area contributed by atoms with Crippen LogP contribution in [0.4, 0.5) is 5.69 Å². The molecule has 2 aromatic rings. The summed E-state index contributed by atoms with van der Waals surface area (Å²) in [6.07, 6.45) is 0. The molecule has 2 rings (SSSR count). The third kappa shape index (κ3) is 3.56. The van der Waals surface area contributed by atoms with Crippen LogP contribution in [-0.2, 0) is 20.0 Å².